The summed E-state index contributed by atoms with van der Waals surface area (Å²) in [6.45, 7) is 4.25. The fourth-order valence-electron chi connectivity index (χ4n) is 2.71. The summed E-state index contributed by atoms with van der Waals surface area (Å²) >= 11 is 0. The Morgan fingerprint density at radius 2 is 2.28 bits per heavy atom. The number of nitrogens with one attached hydrogen (secondary N) is 1. The van der Waals surface area contributed by atoms with Crippen LogP contribution in [0, 0.1) is 5.92 Å². The first-order chi connectivity index (χ1) is 8.83. The number of benzene rings is 1. The Hall–Kier alpha value is -1.02. The molecular formula is C16H23NO. The maximum atomic E-state index is 5.54. The third kappa shape index (κ3) is 2.86. The third-order valence-electron chi connectivity index (χ3n) is 4.15. The number of hydrogen-bond acceptors (Lipinski definition) is 2. The van der Waals surface area contributed by atoms with Gasteiger partial charge in [-0.1, -0.05) is 25.0 Å². The van der Waals surface area contributed by atoms with Gasteiger partial charge in [0.05, 0.1) is 6.61 Å². The average Bonchev–Trinajstić information content (AvgIpc) is 3.09. The number of rotatable bonds is 6. The van der Waals surface area contributed by atoms with Crippen molar-refractivity contribution in [2.45, 2.75) is 45.1 Å². The quantitative estimate of drug-likeness (QED) is 0.775. The van der Waals surface area contributed by atoms with Crippen molar-refractivity contribution < 1.29 is 4.74 Å². The van der Waals surface area contributed by atoms with E-state index in [0.717, 1.165) is 31.2 Å². The van der Waals surface area contributed by atoms with Crippen LogP contribution in [0.5, 0.6) is 5.75 Å². The highest BCUT2D eigenvalue weighted by molar-refractivity contribution is 5.40. The molecule has 0 bridgehead atoms. The van der Waals surface area contributed by atoms with Gasteiger partial charge in [-0.15, -0.1) is 0 Å². The molecule has 0 amide bonds. The van der Waals surface area contributed by atoms with Crippen molar-refractivity contribution in [3.8, 4) is 5.75 Å². The van der Waals surface area contributed by atoms with Gasteiger partial charge in [-0.05, 0) is 49.4 Å². The summed E-state index contributed by atoms with van der Waals surface area (Å²) in [5, 5.41) is 3.63. The zero-order valence-corrected chi connectivity index (χ0v) is 11.2. The van der Waals surface area contributed by atoms with Crippen molar-refractivity contribution in [3.05, 3.63) is 29.3 Å². The van der Waals surface area contributed by atoms with E-state index in [9.17, 15) is 0 Å². The first kappa shape index (κ1) is 12.0. The molecule has 0 saturated heterocycles. The van der Waals surface area contributed by atoms with E-state index in [-0.39, 0.29) is 0 Å². The molecule has 2 nitrogen and oxygen atoms in total. The van der Waals surface area contributed by atoms with Gasteiger partial charge in [-0.3, -0.25) is 0 Å². The topological polar surface area (TPSA) is 21.3 Å². The molecule has 18 heavy (non-hydrogen) atoms. The third-order valence-corrected chi connectivity index (χ3v) is 4.15. The first-order valence-electron chi connectivity index (χ1n) is 7.32. The number of hydrogen-bond donors (Lipinski definition) is 1. The minimum absolute atomic E-state index is 0.454. The zero-order chi connectivity index (χ0) is 12.4. The van der Waals surface area contributed by atoms with Crippen molar-refractivity contribution in [2.24, 2.45) is 5.92 Å². The van der Waals surface area contributed by atoms with E-state index in [0.29, 0.717) is 6.04 Å². The second kappa shape index (κ2) is 5.31. The molecule has 1 aliphatic heterocycles. The van der Waals surface area contributed by atoms with Crippen LogP contribution in [0.3, 0.4) is 0 Å². The summed E-state index contributed by atoms with van der Waals surface area (Å²) in [7, 11) is 0. The summed E-state index contributed by atoms with van der Waals surface area (Å²) in [5.74, 6) is 2.14. The highest BCUT2D eigenvalue weighted by Crippen LogP contribution is 2.33. The van der Waals surface area contributed by atoms with Crippen LogP contribution >= 0.6 is 0 Å². The smallest absolute Gasteiger partial charge is 0.122 e. The molecule has 1 saturated carbocycles. The first-order valence-corrected chi connectivity index (χ1v) is 7.32. The molecule has 1 unspecified atom stereocenters. The fourth-order valence-corrected chi connectivity index (χ4v) is 2.71. The zero-order valence-electron chi connectivity index (χ0n) is 11.2. The molecule has 2 heteroatoms. The van der Waals surface area contributed by atoms with Crippen LogP contribution in [0.1, 0.15) is 49.8 Å². The van der Waals surface area contributed by atoms with Crippen molar-refractivity contribution >= 4 is 0 Å². The monoisotopic (exact) mass is 245 g/mol. The molecule has 0 aromatic heterocycles. The Bertz CT molecular complexity index is 412. The van der Waals surface area contributed by atoms with E-state index in [1.807, 2.05) is 0 Å². The lowest BCUT2D eigenvalue weighted by Gasteiger charge is -2.15. The minimum Gasteiger partial charge on any atom is -0.493 e. The summed E-state index contributed by atoms with van der Waals surface area (Å²) in [6, 6.07) is 7.08. The minimum atomic E-state index is 0.454. The lowest BCUT2D eigenvalue weighted by atomic mass is 10.0. The molecule has 98 valence electrons. The van der Waals surface area contributed by atoms with Gasteiger partial charge in [-0.25, -0.2) is 0 Å². The maximum absolute atomic E-state index is 5.54. The van der Waals surface area contributed by atoms with Gasteiger partial charge in [0.1, 0.15) is 5.75 Å². The highest BCUT2D eigenvalue weighted by Gasteiger charge is 2.20. The molecule has 0 radical (unpaired) electrons. The summed E-state index contributed by atoms with van der Waals surface area (Å²) < 4.78 is 5.54. The molecular weight excluding hydrogens is 222 g/mol. The molecule has 1 aliphatic carbocycles. The number of fused-ring (bicyclic) bond motifs is 1. The second-order valence-electron chi connectivity index (χ2n) is 5.73. The van der Waals surface area contributed by atoms with Crippen LogP contribution in [0.2, 0.25) is 0 Å². The standard InChI is InChI=1S/C16H23NO/c1-12(17-9-2-3-13-4-5-13)14-6-7-16-15(11-14)8-10-18-16/h6-7,11-13,17H,2-5,8-10H2,1H3. The molecule has 2 aliphatic rings. The van der Waals surface area contributed by atoms with Gasteiger partial charge in [0, 0.05) is 12.5 Å². The molecule has 1 fully saturated rings. The Balaban J connectivity index is 1.49. The summed E-state index contributed by atoms with van der Waals surface area (Å²) in [4.78, 5) is 0. The molecule has 1 aromatic rings. The molecule has 1 atom stereocenters. The largest absolute Gasteiger partial charge is 0.493 e. The molecule has 1 N–H and O–H groups in total. The fraction of sp³-hybridized carbons (Fsp3) is 0.625. The Morgan fingerprint density at radius 1 is 1.39 bits per heavy atom. The van der Waals surface area contributed by atoms with Crippen molar-refractivity contribution in [1.29, 1.82) is 0 Å². The van der Waals surface area contributed by atoms with E-state index in [4.69, 9.17) is 4.74 Å². The SMILES string of the molecule is CC(NCCCC1CC1)c1ccc2c(c1)CCO2. The van der Waals surface area contributed by atoms with Gasteiger partial charge in [-0.2, -0.15) is 0 Å². The predicted molar refractivity (Wildman–Crippen MR) is 74.0 cm³/mol. The molecule has 1 aromatic carbocycles. The normalized spacial score (nSPS) is 19.4. The van der Waals surface area contributed by atoms with Gasteiger partial charge in [0.2, 0.25) is 0 Å². The van der Waals surface area contributed by atoms with Crippen LogP contribution in [-0.4, -0.2) is 13.2 Å². The number of ether oxygens (including phenoxy) is 1. The van der Waals surface area contributed by atoms with Crippen molar-refractivity contribution in [2.75, 3.05) is 13.2 Å². The van der Waals surface area contributed by atoms with E-state index >= 15 is 0 Å². The van der Waals surface area contributed by atoms with Crippen molar-refractivity contribution in [3.63, 3.8) is 0 Å². The Labute approximate surface area is 110 Å². The van der Waals surface area contributed by atoms with Gasteiger partial charge < -0.3 is 10.1 Å². The molecule has 3 rings (SSSR count). The lowest BCUT2D eigenvalue weighted by Crippen LogP contribution is -2.20. The Morgan fingerprint density at radius 3 is 3.11 bits per heavy atom. The second-order valence-corrected chi connectivity index (χ2v) is 5.73. The van der Waals surface area contributed by atoms with Crippen LogP contribution < -0.4 is 10.1 Å². The highest BCUT2D eigenvalue weighted by atomic mass is 16.5. The average molecular weight is 245 g/mol. The van der Waals surface area contributed by atoms with Crippen LogP contribution in [0.15, 0.2) is 18.2 Å². The molecule has 1 heterocycles. The van der Waals surface area contributed by atoms with E-state index in [1.54, 1.807) is 0 Å². The van der Waals surface area contributed by atoms with Crippen LogP contribution in [0.4, 0.5) is 0 Å². The summed E-state index contributed by atoms with van der Waals surface area (Å²) in [6.07, 6.45) is 6.75. The van der Waals surface area contributed by atoms with Crippen LogP contribution in [0.25, 0.3) is 0 Å². The van der Waals surface area contributed by atoms with Gasteiger partial charge in [0.15, 0.2) is 0 Å². The van der Waals surface area contributed by atoms with E-state index < -0.39 is 0 Å². The Kier molecular flexibility index (Phi) is 3.55. The van der Waals surface area contributed by atoms with E-state index in [1.165, 1.54) is 36.8 Å². The summed E-state index contributed by atoms with van der Waals surface area (Å²) in [5.41, 5.74) is 2.77. The van der Waals surface area contributed by atoms with Crippen molar-refractivity contribution in [1.82, 2.24) is 5.32 Å². The van der Waals surface area contributed by atoms with Gasteiger partial charge >= 0.3 is 0 Å². The maximum Gasteiger partial charge on any atom is 0.122 e. The lowest BCUT2D eigenvalue weighted by molar-refractivity contribution is 0.356. The van der Waals surface area contributed by atoms with Gasteiger partial charge in [0.25, 0.3) is 0 Å². The molecule has 0 spiro atoms. The predicted octanol–water partition coefficient (Wildman–Crippen LogP) is 3.46. The van der Waals surface area contributed by atoms with Crippen LogP contribution in [-0.2, 0) is 6.42 Å². The van der Waals surface area contributed by atoms with E-state index in [2.05, 4.69) is 30.4 Å².